The molecule has 39 heavy (non-hydrogen) atoms. The molecule has 13 heteroatoms. The molecule has 1 heterocycles. The van der Waals surface area contributed by atoms with Crippen LogP contribution in [0, 0.1) is 0 Å². The average Bonchev–Trinajstić information content (AvgIpc) is 3.10. The van der Waals surface area contributed by atoms with Gasteiger partial charge in [0.15, 0.2) is 6.10 Å². The lowest BCUT2D eigenvalue weighted by atomic mass is 10.1. The molecule has 0 radical (unpaired) electrons. The molecule has 13 nitrogen and oxygen atoms in total. The van der Waals surface area contributed by atoms with Gasteiger partial charge < -0.3 is 34.4 Å². The molecule has 216 valence electrons. The van der Waals surface area contributed by atoms with Gasteiger partial charge in [-0.1, -0.05) is 0 Å². The molecule has 1 unspecified atom stereocenters. The second-order valence-corrected chi connectivity index (χ2v) is 10.8. The van der Waals surface area contributed by atoms with Crippen LogP contribution in [0.3, 0.4) is 0 Å². The zero-order valence-electron chi connectivity index (χ0n) is 23.6. The van der Waals surface area contributed by atoms with E-state index in [0.29, 0.717) is 30.9 Å². The van der Waals surface area contributed by atoms with Crippen LogP contribution in [0.5, 0.6) is 5.75 Å². The maximum absolute atomic E-state index is 12.5. The molecule has 5 N–H and O–H groups in total. The van der Waals surface area contributed by atoms with Crippen LogP contribution >= 0.6 is 0 Å². The van der Waals surface area contributed by atoms with Gasteiger partial charge in [-0.3, -0.25) is 9.63 Å². The van der Waals surface area contributed by atoms with E-state index in [9.17, 15) is 14.4 Å². The Morgan fingerprint density at radius 2 is 1.64 bits per heavy atom. The number of primary amides is 1. The van der Waals surface area contributed by atoms with Crippen LogP contribution < -0.4 is 27.3 Å². The van der Waals surface area contributed by atoms with E-state index in [1.807, 2.05) is 22.9 Å². The molecular weight excluding hydrogens is 508 g/mol. The number of benzene rings is 1. The Morgan fingerprint density at radius 1 is 1.03 bits per heavy atom. The number of aromatic nitrogens is 2. The van der Waals surface area contributed by atoms with Crippen LogP contribution in [0.25, 0.3) is 11.3 Å². The number of alkyl carbamates (subject to hydrolysis) is 1. The highest BCUT2D eigenvalue weighted by Gasteiger charge is 2.19. The summed E-state index contributed by atoms with van der Waals surface area (Å²) in [6, 6.07) is 7.07. The molecule has 0 fully saturated rings. The van der Waals surface area contributed by atoms with Gasteiger partial charge in [-0.2, -0.15) is 0 Å². The molecule has 0 saturated heterocycles. The minimum Gasteiger partial charge on any atom is -0.490 e. The highest BCUT2D eigenvalue weighted by molar-refractivity contribution is 5.79. The summed E-state index contributed by atoms with van der Waals surface area (Å²) >= 11 is 0. The lowest BCUT2D eigenvalue weighted by Gasteiger charge is -2.19. The largest absolute Gasteiger partial charge is 0.490 e. The molecule has 0 aliphatic heterocycles. The van der Waals surface area contributed by atoms with E-state index in [1.54, 1.807) is 65.3 Å². The van der Waals surface area contributed by atoms with Crippen LogP contribution in [0.4, 0.5) is 9.59 Å². The van der Waals surface area contributed by atoms with Crippen molar-refractivity contribution in [3.63, 3.8) is 0 Å². The summed E-state index contributed by atoms with van der Waals surface area (Å²) in [6.45, 7) is 11.4. The third-order valence-electron chi connectivity index (χ3n) is 5.06. The Labute approximate surface area is 228 Å². The number of carbonyl (C=O) groups is 3. The number of rotatable bonds is 10. The smallest absolute Gasteiger partial charge is 0.437 e. The third kappa shape index (κ3) is 10.4. The fraction of sp³-hybridized carbons (Fsp3) is 0.538. The van der Waals surface area contributed by atoms with E-state index >= 15 is 0 Å². The van der Waals surface area contributed by atoms with Gasteiger partial charge in [0.2, 0.25) is 5.62 Å². The molecule has 0 saturated carbocycles. The van der Waals surface area contributed by atoms with Gasteiger partial charge in [0.05, 0.1) is 5.69 Å². The van der Waals surface area contributed by atoms with Crippen LogP contribution in [0.2, 0.25) is 0 Å². The SMILES string of the molecule is Cn1c(-c2ccc(OCC(ON)C(N)=O)cc2)cn(CCCNC(=O)OC(C)(C)C)c1=NC(=O)OC(C)(C)C. The van der Waals surface area contributed by atoms with Crippen LogP contribution in [-0.2, 0) is 32.7 Å². The lowest BCUT2D eigenvalue weighted by molar-refractivity contribution is -0.131. The van der Waals surface area contributed by atoms with Crippen molar-refractivity contribution in [1.82, 2.24) is 14.5 Å². The zero-order valence-corrected chi connectivity index (χ0v) is 23.6. The lowest BCUT2D eigenvalue weighted by Crippen LogP contribution is -2.38. The van der Waals surface area contributed by atoms with Crippen molar-refractivity contribution >= 4 is 18.1 Å². The first-order valence-electron chi connectivity index (χ1n) is 12.5. The number of nitrogens with two attached hydrogens (primary N) is 2. The van der Waals surface area contributed by atoms with Gasteiger partial charge in [-0.25, -0.2) is 15.5 Å². The highest BCUT2D eigenvalue weighted by atomic mass is 16.6. The number of hydrogen-bond acceptors (Lipinski definition) is 8. The Hall–Kier alpha value is -3.84. The van der Waals surface area contributed by atoms with Gasteiger partial charge >= 0.3 is 12.2 Å². The van der Waals surface area contributed by atoms with Crippen molar-refractivity contribution in [1.29, 1.82) is 0 Å². The van der Waals surface area contributed by atoms with E-state index in [2.05, 4.69) is 15.1 Å². The molecule has 0 aliphatic rings. The predicted octanol–water partition coefficient (Wildman–Crippen LogP) is 2.37. The van der Waals surface area contributed by atoms with E-state index < -0.39 is 35.4 Å². The molecular formula is C26H40N6O7. The maximum Gasteiger partial charge on any atom is 0.437 e. The summed E-state index contributed by atoms with van der Waals surface area (Å²) in [6.07, 6.45) is 0.130. The fourth-order valence-electron chi connectivity index (χ4n) is 3.37. The van der Waals surface area contributed by atoms with E-state index in [4.69, 9.17) is 25.8 Å². The van der Waals surface area contributed by atoms with Crippen molar-refractivity contribution in [2.45, 2.75) is 71.8 Å². The summed E-state index contributed by atoms with van der Waals surface area (Å²) in [4.78, 5) is 44.4. The number of imidazole rings is 1. The Kier molecular flexibility index (Phi) is 10.7. The van der Waals surface area contributed by atoms with Crippen LogP contribution in [0.1, 0.15) is 48.0 Å². The summed E-state index contributed by atoms with van der Waals surface area (Å²) in [5.41, 5.74) is 5.87. The zero-order chi connectivity index (χ0) is 29.4. The Balaban J connectivity index is 2.26. The van der Waals surface area contributed by atoms with Gasteiger partial charge in [-0.05, 0) is 77.8 Å². The minimum atomic E-state index is -1.07. The normalized spacial score (nSPS) is 13.1. The number of carbonyl (C=O) groups excluding carboxylic acids is 3. The van der Waals surface area contributed by atoms with Crippen molar-refractivity contribution in [3.05, 3.63) is 36.1 Å². The summed E-state index contributed by atoms with van der Waals surface area (Å²) < 4.78 is 19.8. The number of amides is 3. The molecule has 1 atom stereocenters. The average molecular weight is 549 g/mol. The molecule has 0 bridgehead atoms. The highest BCUT2D eigenvalue weighted by Crippen LogP contribution is 2.22. The van der Waals surface area contributed by atoms with Gasteiger partial charge in [0.25, 0.3) is 5.91 Å². The van der Waals surface area contributed by atoms with E-state index in [0.717, 1.165) is 11.3 Å². The first kappa shape index (κ1) is 31.4. The van der Waals surface area contributed by atoms with E-state index in [-0.39, 0.29) is 6.61 Å². The Bertz CT molecular complexity index is 1200. The Morgan fingerprint density at radius 3 is 2.18 bits per heavy atom. The van der Waals surface area contributed by atoms with E-state index in [1.165, 1.54) is 0 Å². The standard InChI is InChI=1S/C26H40N6O7/c1-25(2,3)37-23(34)29-13-8-14-32-15-19(31(7)22(32)30-24(35)38-26(4,5)6)17-9-11-18(12-10-17)36-16-20(39-28)21(27)33/h9-12,15,20H,8,13-14,16,28H2,1-7H3,(H2,27,33)(H,29,34). The molecule has 2 rings (SSSR count). The van der Waals surface area contributed by atoms with Crippen molar-refractivity contribution < 1.29 is 33.4 Å². The monoisotopic (exact) mass is 548 g/mol. The first-order chi connectivity index (χ1) is 18.1. The number of nitrogens with zero attached hydrogens (tertiary/aromatic N) is 3. The van der Waals surface area contributed by atoms with Crippen LogP contribution in [-0.4, -0.2) is 57.7 Å². The summed E-state index contributed by atoms with van der Waals surface area (Å²) in [5.74, 6) is 4.82. The second kappa shape index (κ2) is 13.3. The third-order valence-corrected chi connectivity index (χ3v) is 5.06. The minimum absolute atomic E-state index is 0.133. The number of aryl methyl sites for hydroxylation is 1. The maximum atomic E-state index is 12.5. The molecule has 1 aromatic carbocycles. The summed E-state index contributed by atoms with van der Waals surface area (Å²) in [5, 5.41) is 2.73. The number of nitrogens with one attached hydrogen (secondary N) is 1. The van der Waals surface area contributed by atoms with Gasteiger partial charge in [0.1, 0.15) is 23.6 Å². The predicted molar refractivity (Wildman–Crippen MR) is 143 cm³/mol. The second-order valence-electron chi connectivity index (χ2n) is 10.8. The van der Waals surface area contributed by atoms with Gasteiger partial charge in [0, 0.05) is 26.3 Å². The fourth-order valence-corrected chi connectivity index (χ4v) is 3.37. The molecule has 2 aromatic rings. The quantitative estimate of drug-likeness (QED) is 0.299. The van der Waals surface area contributed by atoms with Gasteiger partial charge in [-0.15, -0.1) is 4.99 Å². The number of hydrogen-bond donors (Lipinski definition) is 3. The first-order valence-corrected chi connectivity index (χ1v) is 12.5. The topological polar surface area (TPSA) is 174 Å². The van der Waals surface area contributed by atoms with Crippen LogP contribution in [0.15, 0.2) is 35.5 Å². The van der Waals surface area contributed by atoms with Crippen molar-refractivity contribution in [2.24, 2.45) is 23.7 Å². The molecule has 1 aromatic heterocycles. The van der Waals surface area contributed by atoms with Crippen molar-refractivity contribution in [2.75, 3.05) is 13.2 Å². The van der Waals surface area contributed by atoms with Crippen molar-refractivity contribution in [3.8, 4) is 17.0 Å². The molecule has 3 amide bonds. The molecule has 0 spiro atoms. The number of ether oxygens (including phenoxy) is 3. The summed E-state index contributed by atoms with van der Waals surface area (Å²) in [7, 11) is 1.79. The molecule has 0 aliphatic carbocycles.